The van der Waals surface area contributed by atoms with E-state index in [-0.39, 0.29) is 0 Å². The standard InChI is InChI=1S/C9H13.C5H10N.C2H7Si.Ti/c1-6-5-7(2)9(4)8(6)3;6-5-3-1-2-4-5;1-3-2;/h6H,1-4H3;5-6H,1-4H2;3H,1-2H3;/q;-1;;+1. The Hall–Kier alpha value is 0.371. The van der Waals surface area contributed by atoms with Gasteiger partial charge in [0, 0.05) is 0 Å². The fraction of sp³-hybridized carbons (Fsp3) is 0.750. The molecule has 0 aromatic heterocycles. The van der Waals surface area contributed by atoms with Crippen molar-refractivity contribution < 1.29 is 17.4 Å². The van der Waals surface area contributed by atoms with E-state index in [0.29, 0.717) is 0 Å². The summed E-state index contributed by atoms with van der Waals surface area (Å²) in [5.41, 5.74) is 4.89. The van der Waals surface area contributed by atoms with Crippen LogP contribution in [0.4, 0.5) is 0 Å². The van der Waals surface area contributed by atoms with Crippen molar-refractivity contribution in [1.82, 2.24) is 3.80 Å². The minimum atomic E-state index is -1.19. The number of allylic oxidation sites excluding steroid dienone is 4. The fourth-order valence-electron chi connectivity index (χ4n) is 3.64. The maximum atomic E-state index is 4.20. The Balaban J connectivity index is 2.20. The number of nitrogens with one attached hydrogen (secondary N) is 1. The van der Waals surface area contributed by atoms with Crippen LogP contribution >= 0.6 is 0 Å². The molecule has 1 N–H and O–H groups in total. The van der Waals surface area contributed by atoms with E-state index in [2.05, 4.69) is 44.6 Å². The Morgan fingerprint density at radius 3 is 2.05 bits per heavy atom. The molecule has 1 nitrogen and oxygen atoms in total. The van der Waals surface area contributed by atoms with Gasteiger partial charge in [-0.25, -0.2) is 0 Å². The molecule has 2 rings (SSSR count). The summed E-state index contributed by atoms with van der Waals surface area (Å²) in [6.45, 7) is 14.1. The maximum absolute atomic E-state index is 4.20. The first kappa shape index (κ1) is 15.8. The topological polar surface area (TPSA) is 12.0 Å². The van der Waals surface area contributed by atoms with Crippen molar-refractivity contribution in [2.45, 2.75) is 72.5 Å². The van der Waals surface area contributed by atoms with Crippen LogP contribution in [0, 0.1) is 5.92 Å². The van der Waals surface area contributed by atoms with Crippen LogP contribution in [-0.2, 0) is 17.4 Å². The van der Waals surface area contributed by atoms with Crippen molar-refractivity contribution in [3.63, 3.8) is 0 Å². The van der Waals surface area contributed by atoms with Crippen LogP contribution in [0.5, 0.6) is 0 Å². The Bertz CT molecular complexity index is 405. The van der Waals surface area contributed by atoms with Crippen molar-refractivity contribution in [2.24, 2.45) is 5.92 Å². The predicted molar refractivity (Wildman–Crippen MR) is 84.5 cm³/mol. The average Bonchev–Trinajstić information content (AvgIpc) is 2.93. The molecule has 0 radical (unpaired) electrons. The molecule has 0 aromatic rings. The SMILES string of the molecule is CC1=C(C)C(C)[C]([Ti]([NH]C2CCCC2)[SiH](C)C)=C1C. The molecule has 2 aliphatic rings. The van der Waals surface area contributed by atoms with Gasteiger partial charge in [-0.1, -0.05) is 0 Å². The zero-order valence-electron chi connectivity index (χ0n) is 13.6. The van der Waals surface area contributed by atoms with Gasteiger partial charge in [0.25, 0.3) is 0 Å². The Morgan fingerprint density at radius 2 is 1.63 bits per heavy atom. The average molecular weight is 312 g/mol. The molecule has 0 spiro atoms. The van der Waals surface area contributed by atoms with Gasteiger partial charge in [0.2, 0.25) is 0 Å². The molecule has 0 bridgehead atoms. The van der Waals surface area contributed by atoms with E-state index >= 15 is 0 Å². The number of hydrogen-bond donors (Lipinski definition) is 1. The molecule has 2 aliphatic carbocycles. The van der Waals surface area contributed by atoms with Gasteiger partial charge in [0.15, 0.2) is 0 Å². The van der Waals surface area contributed by atoms with Gasteiger partial charge in [-0.2, -0.15) is 0 Å². The van der Waals surface area contributed by atoms with Gasteiger partial charge in [-0.3, -0.25) is 0 Å². The Morgan fingerprint density at radius 1 is 1.05 bits per heavy atom. The van der Waals surface area contributed by atoms with Crippen LogP contribution in [0.3, 0.4) is 0 Å². The molecular formula is C16H30NSiTi. The van der Waals surface area contributed by atoms with Crippen molar-refractivity contribution in [2.75, 3.05) is 0 Å². The van der Waals surface area contributed by atoms with E-state index in [1.54, 1.807) is 16.7 Å². The zero-order valence-corrected chi connectivity index (χ0v) is 16.3. The molecule has 107 valence electrons. The second-order valence-corrected chi connectivity index (χ2v) is 19.4. The molecule has 1 fully saturated rings. The van der Waals surface area contributed by atoms with Crippen LogP contribution in [0.2, 0.25) is 13.1 Å². The van der Waals surface area contributed by atoms with Gasteiger partial charge in [-0.05, 0) is 0 Å². The van der Waals surface area contributed by atoms with Crippen LogP contribution in [-0.4, -0.2) is 12.7 Å². The summed E-state index contributed by atoms with van der Waals surface area (Å²) in [5.74, 6) is 0.735. The van der Waals surface area contributed by atoms with Crippen molar-refractivity contribution in [3.05, 3.63) is 20.6 Å². The summed E-state index contributed by atoms with van der Waals surface area (Å²) in [5, 5.41) is 0. The molecule has 19 heavy (non-hydrogen) atoms. The quantitative estimate of drug-likeness (QED) is 0.763. The van der Waals surface area contributed by atoms with Crippen molar-refractivity contribution >= 4 is 6.66 Å². The summed E-state index contributed by atoms with van der Waals surface area (Å²) in [6.07, 6.45) is 5.77. The van der Waals surface area contributed by atoms with E-state index in [1.165, 1.54) is 25.7 Å². The summed E-state index contributed by atoms with van der Waals surface area (Å²) in [6, 6.07) is 0.860. The van der Waals surface area contributed by atoms with Gasteiger partial charge in [0.05, 0.1) is 0 Å². The van der Waals surface area contributed by atoms with E-state index in [4.69, 9.17) is 0 Å². The molecule has 1 saturated carbocycles. The van der Waals surface area contributed by atoms with Crippen LogP contribution in [0.25, 0.3) is 0 Å². The van der Waals surface area contributed by atoms with Crippen molar-refractivity contribution in [3.8, 4) is 0 Å². The predicted octanol–water partition coefficient (Wildman–Crippen LogP) is 4.30. The zero-order chi connectivity index (χ0) is 14.2. The van der Waals surface area contributed by atoms with E-state index in [9.17, 15) is 0 Å². The molecule has 0 saturated heterocycles. The summed E-state index contributed by atoms with van der Waals surface area (Å²) >= 11 is -1.19. The molecule has 0 aromatic carbocycles. The summed E-state index contributed by atoms with van der Waals surface area (Å²) in [4.78, 5) is 0. The molecule has 0 heterocycles. The third-order valence-electron chi connectivity index (χ3n) is 5.22. The molecular weight excluding hydrogens is 282 g/mol. The normalized spacial score (nSPS) is 25.1. The number of rotatable bonds is 4. The van der Waals surface area contributed by atoms with E-state index < -0.39 is 24.0 Å². The Labute approximate surface area is 126 Å². The summed E-state index contributed by atoms with van der Waals surface area (Å²) in [7, 11) is 0. The van der Waals surface area contributed by atoms with Crippen molar-refractivity contribution in [1.29, 1.82) is 0 Å². The first-order chi connectivity index (χ1) is 8.93. The summed E-state index contributed by atoms with van der Waals surface area (Å²) < 4.78 is 6.10. The Kier molecular flexibility index (Phi) is 5.33. The first-order valence-electron chi connectivity index (χ1n) is 7.95. The third kappa shape index (κ3) is 3.18. The molecule has 0 aliphatic heterocycles. The minimum absolute atomic E-state index is 0.555. The fourth-order valence-corrected chi connectivity index (χ4v) is 15.3. The second kappa shape index (κ2) is 6.43. The van der Waals surface area contributed by atoms with E-state index in [0.717, 1.165) is 12.0 Å². The first-order valence-corrected chi connectivity index (χ1v) is 15.1. The molecule has 1 unspecified atom stereocenters. The van der Waals surface area contributed by atoms with Crippen LogP contribution in [0.1, 0.15) is 53.4 Å². The van der Waals surface area contributed by atoms with Gasteiger partial charge >= 0.3 is 127 Å². The van der Waals surface area contributed by atoms with Crippen LogP contribution < -0.4 is 3.80 Å². The van der Waals surface area contributed by atoms with Gasteiger partial charge in [0.1, 0.15) is 0 Å². The molecule has 1 atom stereocenters. The monoisotopic (exact) mass is 312 g/mol. The molecule has 0 amide bonds. The number of hydrogen-bond acceptors (Lipinski definition) is 1. The van der Waals surface area contributed by atoms with Gasteiger partial charge in [-0.15, -0.1) is 0 Å². The molecule has 3 heteroatoms. The van der Waals surface area contributed by atoms with Crippen LogP contribution in [0.15, 0.2) is 20.6 Å². The van der Waals surface area contributed by atoms with E-state index in [1.807, 2.05) is 3.88 Å². The second-order valence-electron chi connectivity index (χ2n) is 6.76. The van der Waals surface area contributed by atoms with Gasteiger partial charge < -0.3 is 0 Å². The third-order valence-corrected chi connectivity index (χ3v) is 17.0.